The average Bonchev–Trinajstić information content (AvgIpc) is 2.73. The first-order chi connectivity index (χ1) is 8.20. The number of nitrogens with two attached hydrogens (primary N) is 1. The third-order valence-electron chi connectivity index (χ3n) is 2.22. The molecule has 0 spiro atoms. The van der Waals surface area contributed by atoms with Gasteiger partial charge in [0.2, 0.25) is 11.5 Å². The molecule has 2 rings (SSSR count). The van der Waals surface area contributed by atoms with Crippen molar-refractivity contribution in [1.82, 2.24) is 0 Å². The van der Waals surface area contributed by atoms with E-state index < -0.39 is 5.91 Å². The number of carbonyl (C=O) groups is 1. The maximum Gasteiger partial charge on any atom is 0.434 e. The van der Waals surface area contributed by atoms with Crippen molar-refractivity contribution in [2.75, 3.05) is 0 Å². The third-order valence-corrected chi connectivity index (χ3v) is 2.22. The highest BCUT2D eigenvalue weighted by atomic mass is 16.1. The predicted octanol–water partition coefficient (Wildman–Crippen LogP) is 0.196. The van der Waals surface area contributed by atoms with Gasteiger partial charge >= 0.3 is 5.84 Å². The summed E-state index contributed by atoms with van der Waals surface area (Å²) in [6.07, 6.45) is 0.455. The summed E-state index contributed by atoms with van der Waals surface area (Å²) in [5, 5.41) is 0. The Bertz CT molecular complexity index is 567. The molecule has 1 amide bonds. The number of primary amides is 1. The van der Waals surface area contributed by atoms with Gasteiger partial charge in [0.05, 0.1) is 6.42 Å². The lowest BCUT2D eigenvalue weighted by atomic mass is 10.1. The number of benzene rings is 1. The maximum absolute atomic E-state index is 11.0. The van der Waals surface area contributed by atoms with Crippen molar-refractivity contribution >= 4 is 23.3 Å². The second kappa shape index (κ2) is 4.51. The van der Waals surface area contributed by atoms with Crippen molar-refractivity contribution in [2.45, 2.75) is 6.42 Å². The van der Waals surface area contributed by atoms with E-state index in [1.807, 2.05) is 30.3 Å². The summed E-state index contributed by atoms with van der Waals surface area (Å²) in [7, 11) is 0. The molecule has 1 heterocycles. The summed E-state index contributed by atoms with van der Waals surface area (Å²) in [6.45, 7) is 0. The Morgan fingerprint density at radius 1 is 1.29 bits per heavy atom. The van der Waals surface area contributed by atoms with Crippen molar-refractivity contribution < 1.29 is 9.58 Å². The van der Waals surface area contributed by atoms with Crippen molar-refractivity contribution in [3.63, 3.8) is 0 Å². The number of carbonyl (C=O) groups excluding carboxylic acids is 1. The zero-order valence-electron chi connectivity index (χ0n) is 8.87. The second-order valence-corrected chi connectivity index (χ2v) is 3.44. The zero-order valence-corrected chi connectivity index (χ0v) is 8.87. The molecule has 6 heteroatoms. The molecule has 2 N–H and O–H groups in total. The van der Waals surface area contributed by atoms with Crippen molar-refractivity contribution in [3.8, 4) is 0 Å². The summed E-state index contributed by atoms with van der Waals surface area (Å²) >= 11 is 0. The molecule has 0 aliphatic carbocycles. The Hall–Kier alpha value is -2.59. The summed E-state index contributed by atoms with van der Waals surface area (Å²) in [5.74, 6) is -0.495. The normalized spacial score (nSPS) is 14.0. The molecule has 0 aromatic heterocycles. The van der Waals surface area contributed by atoms with Crippen LogP contribution in [-0.2, 0) is 11.2 Å². The molecule has 1 aromatic rings. The molecule has 6 nitrogen and oxygen atoms in total. The van der Waals surface area contributed by atoms with Crippen LogP contribution in [0.2, 0.25) is 0 Å². The Morgan fingerprint density at radius 2 is 2.00 bits per heavy atom. The molecule has 0 radical (unpaired) electrons. The van der Waals surface area contributed by atoms with Crippen LogP contribution in [-0.4, -0.2) is 28.1 Å². The number of rotatable bonds is 3. The van der Waals surface area contributed by atoms with Crippen LogP contribution in [0.15, 0.2) is 40.3 Å². The quantitative estimate of drug-likeness (QED) is 0.578. The Balaban J connectivity index is 2.25. The molecule has 0 saturated heterocycles. The van der Waals surface area contributed by atoms with E-state index in [0.29, 0.717) is 12.3 Å². The number of amides is 1. The molecule has 0 bridgehead atoms. The monoisotopic (exact) mass is 227 g/mol. The fourth-order valence-corrected chi connectivity index (χ4v) is 1.47. The molecule has 84 valence electrons. The highest BCUT2D eigenvalue weighted by Gasteiger charge is 2.31. The predicted molar refractivity (Wildman–Crippen MR) is 62.8 cm³/mol. The Kier molecular flexibility index (Phi) is 2.89. The molecule has 0 unspecified atom stereocenters. The van der Waals surface area contributed by atoms with Crippen LogP contribution in [0.5, 0.6) is 0 Å². The molecular formula is C11H9N5O. The van der Waals surface area contributed by atoms with E-state index in [1.54, 1.807) is 0 Å². The van der Waals surface area contributed by atoms with Crippen molar-refractivity contribution in [3.05, 3.63) is 41.4 Å². The van der Waals surface area contributed by atoms with E-state index in [1.165, 1.54) is 0 Å². The van der Waals surface area contributed by atoms with E-state index >= 15 is 0 Å². The molecular weight excluding hydrogens is 218 g/mol. The Morgan fingerprint density at radius 3 is 2.53 bits per heavy atom. The van der Waals surface area contributed by atoms with E-state index in [4.69, 9.17) is 11.3 Å². The third kappa shape index (κ3) is 2.32. The fraction of sp³-hybridized carbons (Fsp3) is 0.0909. The van der Waals surface area contributed by atoms with Gasteiger partial charge in [-0.1, -0.05) is 30.3 Å². The van der Waals surface area contributed by atoms with E-state index in [2.05, 4.69) is 14.8 Å². The summed E-state index contributed by atoms with van der Waals surface area (Å²) in [4.78, 5) is 21.7. The first kappa shape index (κ1) is 10.9. The molecule has 0 atom stereocenters. The van der Waals surface area contributed by atoms with E-state index in [9.17, 15) is 4.79 Å². The SMILES string of the molecule is [N-]=[N+]=C1N=C(Cc2ccccc2)N=C1C(N)=O. The van der Waals surface area contributed by atoms with Crippen LogP contribution in [0.1, 0.15) is 5.56 Å². The lowest BCUT2D eigenvalue weighted by Gasteiger charge is -1.93. The molecule has 17 heavy (non-hydrogen) atoms. The van der Waals surface area contributed by atoms with Crippen LogP contribution in [0.3, 0.4) is 0 Å². The number of aliphatic imine (C=N–C) groups is 2. The summed E-state index contributed by atoms with van der Waals surface area (Å²) in [6, 6.07) is 9.51. The van der Waals surface area contributed by atoms with Gasteiger partial charge in [-0.25, -0.2) is 0 Å². The first-order valence-corrected chi connectivity index (χ1v) is 4.93. The van der Waals surface area contributed by atoms with E-state index in [-0.39, 0.29) is 11.5 Å². The maximum atomic E-state index is 11.0. The number of nitrogens with zero attached hydrogens (tertiary/aromatic N) is 4. The van der Waals surface area contributed by atoms with Crippen LogP contribution < -0.4 is 5.73 Å². The minimum absolute atomic E-state index is 0.113. The smallest absolute Gasteiger partial charge is 0.434 e. The molecule has 0 fully saturated rings. The van der Waals surface area contributed by atoms with Gasteiger partial charge in [-0.05, 0) is 10.6 Å². The van der Waals surface area contributed by atoms with Gasteiger partial charge in [0, 0.05) is 0 Å². The van der Waals surface area contributed by atoms with Crippen LogP contribution in [0.25, 0.3) is 5.53 Å². The van der Waals surface area contributed by atoms with Crippen LogP contribution in [0, 0.1) is 0 Å². The Labute approximate surface area is 97.1 Å². The largest absolute Gasteiger partial charge is 0.497 e. The minimum atomic E-state index is -0.760. The van der Waals surface area contributed by atoms with Gasteiger partial charge in [-0.15, -0.1) is 0 Å². The number of amidine groups is 2. The molecule has 0 saturated carbocycles. The van der Waals surface area contributed by atoms with Gasteiger partial charge in [-0.3, -0.25) is 4.79 Å². The average molecular weight is 227 g/mol. The number of hydrogen-bond acceptors (Lipinski definition) is 2. The zero-order chi connectivity index (χ0) is 12.3. The van der Waals surface area contributed by atoms with Gasteiger partial charge in [-0.2, -0.15) is 4.99 Å². The minimum Gasteiger partial charge on any atom is -0.497 e. The molecule has 1 aromatic carbocycles. The van der Waals surface area contributed by atoms with Crippen molar-refractivity contribution in [1.29, 1.82) is 0 Å². The number of hydrogen-bond donors (Lipinski definition) is 1. The second-order valence-electron chi connectivity index (χ2n) is 3.44. The highest BCUT2D eigenvalue weighted by molar-refractivity contribution is 6.68. The summed E-state index contributed by atoms with van der Waals surface area (Å²) in [5.41, 5.74) is 14.6. The highest BCUT2D eigenvalue weighted by Crippen LogP contribution is 2.06. The molecule has 1 aliphatic rings. The van der Waals surface area contributed by atoms with Gasteiger partial charge < -0.3 is 16.1 Å². The fourth-order valence-electron chi connectivity index (χ4n) is 1.47. The lowest BCUT2D eigenvalue weighted by molar-refractivity contribution is -0.111. The molecule has 1 aliphatic heterocycles. The van der Waals surface area contributed by atoms with E-state index in [0.717, 1.165) is 5.56 Å². The van der Waals surface area contributed by atoms with Gasteiger partial charge in [0.25, 0.3) is 5.91 Å². The summed E-state index contributed by atoms with van der Waals surface area (Å²) < 4.78 is 0. The lowest BCUT2D eigenvalue weighted by Crippen LogP contribution is -2.28. The first-order valence-electron chi connectivity index (χ1n) is 4.93. The van der Waals surface area contributed by atoms with Crippen molar-refractivity contribution in [2.24, 2.45) is 15.7 Å². The standard InChI is InChI=1S/C11H9N5O/c12-10(17)9-11(16-13)15-8(14-9)6-7-4-2-1-3-5-7/h1-5H,6H2,(H2,12,17). The van der Waals surface area contributed by atoms with Crippen LogP contribution in [0.4, 0.5) is 0 Å². The van der Waals surface area contributed by atoms with Gasteiger partial charge in [0.15, 0.2) is 0 Å². The van der Waals surface area contributed by atoms with Crippen LogP contribution >= 0.6 is 0 Å². The topological polar surface area (TPSA) is 104 Å². The van der Waals surface area contributed by atoms with Gasteiger partial charge in [0.1, 0.15) is 0 Å².